The van der Waals surface area contributed by atoms with Crippen molar-refractivity contribution in [2.75, 3.05) is 0 Å². The van der Waals surface area contributed by atoms with Crippen LogP contribution in [0.2, 0.25) is 0 Å². The summed E-state index contributed by atoms with van der Waals surface area (Å²) in [4.78, 5) is 0. The fourth-order valence-corrected chi connectivity index (χ4v) is 4.36. The monoisotopic (exact) mass is 396 g/mol. The summed E-state index contributed by atoms with van der Waals surface area (Å²) in [6.07, 6.45) is 0.479. The second-order valence-electron chi connectivity index (χ2n) is 9.18. The Bertz CT molecular complexity index is 1510. The van der Waals surface area contributed by atoms with E-state index in [-0.39, 0.29) is 0 Å². The average molecular weight is 397 g/mol. The minimum atomic E-state index is -1.47. The van der Waals surface area contributed by atoms with Crippen molar-refractivity contribution < 1.29 is 11.7 Å². The number of rotatable bonds is 2. The molecule has 0 saturated carbocycles. The minimum Gasteiger partial charge on any atom is -0.455 e. The summed E-state index contributed by atoms with van der Waals surface area (Å²) in [5.41, 5.74) is 4.93. The lowest BCUT2D eigenvalue weighted by Gasteiger charge is -2.18. The third kappa shape index (κ3) is 3.08. The Morgan fingerprint density at radius 2 is 1.77 bits per heavy atom. The molecule has 2 heteroatoms. The van der Waals surface area contributed by atoms with Crippen molar-refractivity contribution in [2.24, 2.45) is 12.5 Å². The second-order valence-corrected chi connectivity index (χ2v) is 9.18. The SMILES string of the molecule is [2H]C([2H])(c1cc[n+](C)c(-c2c(C)ccc3c2oc2ccc4ccccc4c23)c1)C(C)(C)C. The molecule has 150 valence electrons. The van der Waals surface area contributed by atoms with Crippen LogP contribution in [-0.4, -0.2) is 0 Å². The summed E-state index contributed by atoms with van der Waals surface area (Å²) in [5.74, 6) is 0. The normalized spacial score (nSPS) is 13.8. The maximum atomic E-state index is 8.78. The van der Waals surface area contributed by atoms with Gasteiger partial charge in [-0.25, -0.2) is 4.57 Å². The zero-order valence-corrected chi connectivity index (χ0v) is 18.2. The van der Waals surface area contributed by atoms with Crippen LogP contribution in [0.15, 0.2) is 71.3 Å². The van der Waals surface area contributed by atoms with E-state index in [0.29, 0.717) is 5.56 Å². The first kappa shape index (κ1) is 16.6. The van der Waals surface area contributed by atoms with Crippen LogP contribution in [0.3, 0.4) is 0 Å². The predicted molar refractivity (Wildman–Crippen MR) is 126 cm³/mol. The molecule has 0 radical (unpaired) electrons. The fraction of sp³-hybridized carbons (Fsp3) is 0.250. The molecule has 0 unspecified atom stereocenters. The second kappa shape index (κ2) is 6.70. The van der Waals surface area contributed by atoms with Gasteiger partial charge in [-0.15, -0.1) is 0 Å². The molecule has 5 aromatic rings. The fourth-order valence-electron chi connectivity index (χ4n) is 4.36. The van der Waals surface area contributed by atoms with Gasteiger partial charge < -0.3 is 4.42 Å². The van der Waals surface area contributed by atoms with Crippen molar-refractivity contribution in [2.45, 2.75) is 34.1 Å². The summed E-state index contributed by atoms with van der Waals surface area (Å²) < 4.78 is 26.1. The van der Waals surface area contributed by atoms with Gasteiger partial charge in [0.05, 0.1) is 5.56 Å². The summed E-state index contributed by atoms with van der Waals surface area (Å²) in [6, 6.07) is 20.7. The van der Waals surface area contributed by atoms with Crippen molar-refractivity contribution in [3.05, 3.63) is 78.0 Å². The van der Waals surface area contributed by atoms with Gasteiger partial charge in [0.2, 0.25) is 5.69 Å². The van der Waals surface area contributed by atoms with Gasteiger partial charge in [-0.3, -0.25) is 0 Å². The van der Waals surface area contributed by atoms with Crippen LogP contribution in [0.5, 0.6) is 0 Å². The number of fused-ring (bicyclic) bond motifs is 5. The van der Waals surface area contributed by atoms with Crippen molar-refractivity contribution >= 4 is 32.7 Å². The van der Waals surface area contributed by atoms with Gasteiger partial charge in [-0.2, -0.15) is 0 Å². The molecule has 0 amide bonds. The molecule has 5 rings (SSSR count). The lowest BCUT2D eigenvalue weighted by molar-refractivity contribution is -0.660. The van der Waals surface area contributed by atoms with E-state index >= 15 is 0 Å². The molecule has 0 spiro atoms. The molecule has 0 fully saturated rings. The van der Waals surface area contributed by atoms with Gasteiger partial charge in [0.1, 0.15) is 18.2 Å². The number of benzene rings is 3. The Balaban J connectivity index is 1.85. The Morgan fingerprint density at radius 1 is 0.967 bits per heavy atom. The van der Waals surface area contributed by atoms with Gasteiger partial charge >= 0.3 is 0 Å². The van der Waals surface area contributed by atoms with E-state index < -0.39 is 11.8 Å². The summed E-state index contributed by atoms with van der Waals surface area (Å²) in [6.45, 7) is 7.91. The molecular weight excluding hydrogens is 366 g/mol. The highest BCUT2D eigenvalue weighted by molar-refractivity contribution is 6.20. The van der Waals surface area contributed by atoms with Crippen LogP contribution in [0.4, 0.5) is 0 Å². The molecule has 0 aliphatic heterocycles. The maximum absolute atomic E-state index is 8.78. The molecule has 0 atom stereocenters. The molecule has 2 nitrogen and oxygen atoms in total. The van der Waals surface area contributed by atoms with Crippen LogP contribution in [0.1, 0.15) is 34.6 Å². The largest absolute Gasteiger partial charge is 0.455 e. The molecule has 2 heterocycles. The van der Waals surface area contributed by atoms with Gasteiger partial charge in [0.15, 0.2) is 6.20 Å². The van der Waals surface area contributed by atoms with Crippen molar-refractivity contribution in [1.82, 2.24) is 0 Å². The summed E-state index contributed by atoms with van der Waals surface area (Å²) in [5, 5.41) is 4.58. The topological polar surface area (TPSA) is 17.0 Å². The third-order valence-corrected chi connectivity index (χ3v) is 5.66. The highest BCUT2D eigenvalue weighted by Gasteiger charge is 2.23. The number of pyridine rings is 1. The maximum Gasteiger partial charge on any atom is 0.216 e. The molecule has 0 aliphatic carbocycles. The number of aryl methyl sites for hydroxylation is 2. The zero-order valence-electron chi connectivity index (χ0n) is 20.2. The average Bonchev–Trinajstić information content (AvgIpc) is 3.12. The Hall–Kier alpha value is -3.13. The molecular formula is C28H28NO+. The van der Waals surface area contributed by atoms with E-state index in [4.69, 9.17) is 7.16 Å². The number of aromatic nitrogens is 1. The van der Waals surface area contributed by atoms with E-state index in [1.165, 1.54) is 10.8 Å². The highest BCUT2D eigenvalue weighted by atomic mass is 16.3. The van der Waals surface area contributed by atoms with E-state index in [1.807, 2.05) is 52.2 Å². The van der Waals surface area contributed by atoms with Gasteiger partial charge in [-0.05, 0) is 46.7 Å². The Kier molecular flexibility index (Phi) is 3.72. The predicted octanol–water partition coefficient (Wildman–Crippen LogP) is 7.13. The van der Waals surface area contributed by atoms with Crippen LogP contribution in [-0.2, 0) is 13.4 Å². The minimum absolute atomic E-state index is 0.524. The van der Waals surface area contributed by atoms with Gasteiger partial charge in [0, 0.05) is 25.6 Å². The number of nitrogens with zero attached hydrogens (tertiary/aromatic N) is 1. The van der Waals surface area contributed by atoms with Gasteiger partial charge in [0.25, 0.3) is 0 Å². The van der Waals surface area contributed by atoms with Crippen LogP contribution < -0.4 is 4.57 Å². The number of hydrogen-bond donors (Lipinski definition) is 0. The number of hydrogen-bond acceptors (Lipinski definition) is 1. The van der Waals surface area contributed by atoms with Crippen LogP contribution in [0.25, 0.3) is 44.0 Å². The van der Waals surface area contributed by atoms with Crippen molar-refractivity contribution in [3.63, 3.8) is 0 Å². The standard InChI is InChI=1S/C28H28NO/c1-18-10-12-22-26-21-9-7-6-8-20(21)11-13-24(26)30-27(22)25(18)23-16-19(14-15-29(23)5)17-28(2,3)4/h6-16H,17H2,1-5H3/q+1/i17D2. The van der Waals surface area contributed by atoms with Crippen molar-refractivity contribution in [1.29, 1.82) is 0 Å². The molecule has 0 bridgehead atoms. The lowest BCUT2D eigenvalue weighted by Crippen LogP contribution is -2.31. The van der Waals surface area contributed by atoms with E-state index in [9.17, 15) is 0 Å². The van der Waals surface area contributed by atoms with Crippen LogP contribution >= 0.6 is 0 Å². The first-order chi connectivity index (χ1) is 15.1. The first-order valence-electron chi connectivity index (χ1n) is 11.4. The molecule has 30 heavy (non-hydrogen) atoms. The Labute approximate surface area is 180 Å². The lowest BCUT2D eigenvalue weighted by atomic mass is 9.87. The highest BCUT2D eigenvalue weighted by Crippen LogP contribution is 2.40. The van der Waals surface area contributed by atoms with Crippen molar-refractivity contribution in [3.8, 4) is 11.3 Å². The van der Waals surface area contributed by atoms with E-state index in [1.54, 1.807) is 0 Å². The Morgan fingerprint density at radius 3 is 2.57 bits per heavy atom. The quantitative estimate of drug-likeness (QED) is 0.290. The molecule has 0 aliphatic rings. The van der Waals surface area contributed by atoms with E-state index in [2.05, 4.69) is 54.0 Å². The van der Waals surface area contributed by atoms with Gasteiger partial charge in [-0.1, -0.05) is 63.2 Å². The van der Waals surface area contributed by atoms with E-state index in [0.717, 1.165) is 38.8 Å². The molecule has 2 aromatic heterocycles. The first-order valence-corrected chi connectivity index (χ1v) is 10.4. The summed E-state index contributed by atoms with van der Waals surface area (Å²) in [7, 11) is 2.00. The number of furan rings is 1. The smallest absolute Gasteiger partial charge is 0.216 e. The molecule has 0 N–H and O–H groups in total. The third-order valence-electron chi connectivity index (χ3n) is 5.66. The van der Waals surface area contributed by atoms with Crippen LogP contribution in [0, 0.1) is 12.3 Å². The zero-order chi connectivity index (χ0) is 22.8. The molecule has 3 aromatic carbocycles. The molecule has 0 saturated heterocycles. The summed E-state index contributed by atoms with van der Waals surface area (Å²) >= 11 is 0.